The molecule has 20 heavy (non-hydrogen) atoms. The number of hydrogen-bond acceptors (Lipinski definition) is 0. The van der Waals surface area contributed by atoms with Crippen LogP contribution in [-0.2, 0) is 0 Å². The topological polar surface area (TPSA) is 0 Å². The molecule has 0 nitrogen and oxygen atoms in total. The molecule has 0 aliphatic rings. The van der Waals surface area contributed by atoms with Gasteiger partial charge >= 0.3 is 0 Å². The maximum absolute atomic E-state index is 5.24. The summed E-state index contributed by atoms with van der Waals surface area (Å²) >= 11 is 0. The van der Waals surface area contributed by atoms with Crippen molar-refractivity contribution in [2.45, 2.75) is 104 Å². The van der Waals surface area contributed by atoms with Crippen molar-refractivity contribution in [3.8, 4) is 12.3 Å². The number of hydrogen-bond donors (Lipinski definition) is 0. The Morgan fingerprint density at radius 1 is 0.650 bits per heavy atom. The summed E-state index contributed by atoms with van der Waals surface area (Å²) in [5.41, 5.74) is 0. The molecule has 118 valence electrons. The Labute approximate surface area is 129 Å². The second-order valence-corrected chi connectivity index (χ2v) is 6.85. The van der Waals surface area contributed by atoms with Gasteiger partial charge < -0.3 is 0 Å². The van der Waals surface area contributed by atoms with Crippen molar-refractivity contribution >= 4 is 0 Å². The lowest BCUT2D eigenvalue weighted by atomic mass is 9.92. The van der Waals surface area contributed by atoms with E-state index in [9.17, 15) is 0 Å². The second kappa shape index (κ2) is 15.0. The number of unbranched alkanes of at least 4 members (excludes halogenated alkanes) is 11. The van der Waals surface area contributed by atoms with Crippen LogP contribution in [0.3, 0.4) is 0 Å². The molecule has 0 aliphatic carbocycles. The fourth-order valence-corrected chi connectivity index (χ4v) is 2.62. The Balaban J connectivity index is 3.05. The zero-order chi connectivity index (χ0) is 15.1. The van der Waals surface area contributed by atoms with Gasteiger partial charge in [-0.05, 0) is 18.3 Å². The van der Waals surface area contributed by atoms with E-state index in [0.717, 1.165) is 18.3 Å². The summed E-state index contributed by atoms with van der Waals surface area (Å²) in [4.78, 5) is 0. The zero-order valence-electron chi connectivity index (χ0n) is 14.4. The van der Waals surface area contributed by atoms with E-state index in [4.69, 9.17) is 6.42 Å². The minimum Gasteiger partial charge on any atom is -0.120 e. The van der Waals surface area contributed by atoms with Crippen LogP contribution in [0.5, 0.6) is 0 Å². The van der Waals surface area contributed by atoms with Crippen LogP contribution < -0.4 is 0 Å². The zero-order valence-corrected chi connectivity index (χ0v) is 14.4. The van der Waals surface area contributed by atoms with Gasteiger partial charge in [0, 0.05) is 6.42 Å². The molecule has 0 aromatic carbocycles. The molecule has 0 radical (unpaired) electrons. The molecule has 0 saturated carbocycles. The molecular formula is C20H38. The lowest BCUT2D eigenvalue weighted by Gasteiger charge is -2.14. The quantitative estimate of drug-likeness (QED) is 0.237. The number of rotatable bonds is 14. The normalized spacial score (nSPS) is 12.6. The first-order valence-electron chi connectivity index (χ1n) is 9.12. The van der Waals surface area contributed by atoms with E-state index in [0.29, 0.717) is 0 Å². The first-order valence-corrected chi connectivity index (χ1v) is 9.12. The maximum atomic E-state index is 5.24. The third kappa shape index (κ3) is 14.0. The van der Waals surface area contributed by atoms with Crippen LogP contribution in [0.2, 0.25) is 0 Å². The van der Waals surface area contributed by atoms with Crippen LogP contribution in [0.25, 0.3) is 0 Å². The van der Waals surface area contributed by atoms with Gasteiger partial charge in [-0.15, -0.1) is 12.3 Å². The Hall–Kier alpha value is -0.440. The third-order valence-electron chi connectivity index (χ3n) is 4.62. The van der Waals surface area contributed by atoms with Crippen molar-refractivity contribution in [2.75, 3.05) is 0 Å². The summed E-state index contributed by atoms with van der Waals surface area (Å²) in [5.74, 6) is 4.48. The van der Waals surface area contributed by atoms with E-state index in [2.05, 4.69) is 26.7 Å². The lowest BCUT2D eigenvalue weighted by Crippen LogP contribution is -2.03. The molecule has 0 fully saturated rings. The largest absolute Gasteiger partial charge is 0.120 e. The highest BCUT2D eigenvalue weighted by Gasteiger charge is 2.05. The van der Waals surface area contributed by atoms with Crippen molar-refractivity contribution in [3.63, 3.8) is 0 Å². The highest BCUT2D eigenvalue weighted by atomic mass is 14.1. The first kappa shape index (κ1) is 19.6. The first-order chi connectivity index (χ1) is 9.68. The molecule has 0 aromatic rings. The molecule has 0 rings (SSSR count). The minimum atomic E-state index is 0.857. The SMILES string of the molecule is C#CCCCCCCCCCCCCCC(C)C(C)C. The molecule has 0 heterocycles. The van der Waals surface area contributed by atoms with Crippen LogP contribution in [0, 0.1) is 24.2 Å². The minimum absolute atomic E-state index is 0.857. The molecule has 0 spiro atoms. The second-order valence-electron chi connectivity index (χ2n) is 6.85. The molecule has 0 aromatic heterocycles. The van der Waals surface area contributed by atoms with Crippen LogP contribution >= 0.6 is 0 Å². The molecule has 0 heteroatoms. The molecule has 0 N–H and O–H groups in total. The van der Waals surface area contributed by atoms with Crippen molar-refractivity contribution in [1.82, 2.24) is 0 Å². The van der Waals surface area contributed by atoms with Crippen molar-refractivity contribution in [2.24, 2.45) is 11.8 Å². The summed E-state index contributed by atoms with van der Waals surface area (Å²) in [6, 6.07) is 0. The summed E-state index contributed by atoms with van der Waals surface area (Å²) < 4.78 is 0. The molecule has 0 aliphatic heterocycles. The monoisotopic (exact) mass is 278 g/mol. The Bertz CT molecular complexity index is 221. The van der Waals surface area contributed by atoms with Gasteiger partial charge in [-0.1, -0.05) is 91.4 Å². The fourth-order valence-electron chi connectivity index (χ4n) is 2.62. The predicted octanol–water partition coefficient (Wildman–Crippen LogP) is 6.98. The van der Waals surface area contributed by atoms with Crippen molar-refractivity contribution < 1.29 is 0 Å². The van der Waals surface area contributed by atoms with Gasteiger partial charge in [-0.25, -0.2) is 0 Å². The van der Waals surface area contributed by atoms with E-state index in [1.165, 1.54) is 77.0 Å². The molecule has 1 unspecified atom stereocenters. The van der Waals surface area contributed by atoms with Crippen LogP contribution in [0.4, 0.5) is 0 Å². The van der Waals surface area contributed by atoms with E-state index >= 15 is 0 Å². The molecular weight excluding hydrogens is 240 g/mol. The van der Waals surface area contributed by atoms with Crippen LogP contribution in [-0.4, -0.2) is 0 Å². The third-order valence-corrected chi connectivity index (χ3v) is 4.62. The van der Waals surface area contributed by atoms with Gasteiger partial charge in [0.2, 0.25) is 0 Å². The molecule has 0 saturated heterocycles. The summed E-state index contributed by atoms with van der Waals surface area (Å²) in [6.45, 7) is 7.09. The molecule has 1 atom stereocenters. The standard InChI is InChI=1S/C20H38/c1-5-6-7-8-9-10-11-12-13-14-15-16-17-18-20(4)19(2)3/h1,19-20H,6-18H2,2-4H3. The summed E-state index contributed by atoms with van der Waals surface area (Å²) in [5, 5.41) is 0. The highest BCUT2D eigenvalue weighted by Crippen LogP contribution is 2.18. The van der Waals surface area contributed by atoms with E-state index in [1.54, 1.807) is 0 Å². The Morgan fingerprint density at radius 3 is 1.45 bits per heavy atom. The maximum Gasteiger partial charge on any atom is 0.00860 e. The molecule has 0 amide bonds. The smallest absolute Gasteiger partial charge is 0.00860 e. The van der Waals surface area contributed by atoms with Gasteiger partial charge in [-0.2, -0.15) is 0 Å². The average Bonchev–Trinajstić information content (AvgIpc) is 2.43. The fraction of sp³-hybridized carbons (Fsp3) is 0.900. The van der Waals surface area contributed by atoms with E-state index in [-0.39, 0.29) is 0 Å². The average molecular weight is 279 g/mol. The van der Waals surface area contributed by atoms with E-state index < -0.39 is 0 Å². The summed E-state index contributed by atoms with van der Waals surface area (Å²) in [6.07, 6.45) is 23.1. The van der Waals surface area contributed by atoms with Gasteiger partial charge in [0.25, 0.3) is 0 Å². The lowest BCUT2D eigenvalue weighted by molar-refractivity contribution is 0.374. The van der Waals surface area contributed by atoms with Crippen molar-refractivity contribution in [3.05, 3.63) is 0 Å². The molecule has 0 bridgehead atoms. The van der Waals surface area contributed by atoms with Gasteiger partial charge in [-0.3, -0.25) is 0 Å². The Kier molecular flexibility index (Phi) is 14.6. The number of terminal acetylenes is 1. The highest BCUT2D eigenvalue weighted by molar-refractivity contribution is 4.82. The Morgan fingerprint density at radius 2 is 1.05 bits per heavy atom. The van der Waals surface area contributed by atoms with Crippen molar-refractivity contribution in [1.29, 1.82) is 0 Å². The van der Waals surface area contributed by atoms with Gasteiger partial charge in [0.05, 0.1) is 0 Å². The van der Waals surface area contributed by atoms with Crippen LogP contribution in [0.1, 0.15) is 104 Å². The predicted molar refractivity (Wildman–Crippen MR) is 92.9 cm³/mol. The van der Waals surface area contributed by atoms with Gasteiger partial charge in [0.1, 0.15) is 0 Å². The van der Waals surface area contributed by atoms with E-state index in [1.807, 2.05) is 0 Å². The summed E-state index contributed by atoms with van der Waals surface area (Å²) in [7, 11) is 0. The van der Waals surface area contributed by atoms with Crippen LogP contribution in [0.15, 0.2) is 0 Å². The van der Waals surface area contributed by atoms with Gasteiger partial charge in [0.15, 0.2) is 0 Å².